The molecule has 0 aliphatic carbocycles. The maximum atomic E-state index is 3.50. The number of likely N-dealkylation sites (tertiary alicyclic amines) is 2. The molecule has 126 valence electrons. The molecule has 3 nitrogen and oxygen atoms in total. The van der Waals surface area contributed by atoms with E-state index < -0.39 is 0 Å². The molecule has 0 amide bonds. The molecule has 1 spiro atoms. The molecular formula is C20H31N3. The van der Waals surface area contributed by atoms with Crippen LogP contribution >= 0.6 is 0 Å². The van der Waals surface area contributed by atoms with Gasteiger partial charge in [0.25, 0.3) is 0 Å². The van der Waals surface area contributed by atoms with E-state index in [1.54, 1.807) is 0 Å². The second-order valence-electron chi connectivity index (χ2n) is 7.93. The summed E-state index contributed by atoms with van der Waals surface area (Å²) >= 11 is 0. The van der Waals surface area contributed by atoms with Crippen molar-refractivity contribution in [3.63, 3.8) is 0 Å². The van der Waals surface area contributed by atoms with Crippen LogP contribution in [0, 0.1) is 0 Å². The zero-order valence-electron chi connectivity index (χ0n) is 14.5. The van der Waals surface area contributed by atoms with E-state index in [0.717, 1.165) is 12.0 Å². The molecule has 3 saturated heterocycles. The number of nitrogens with zero attached hydrogens (tertiary/aromatic N) is 2. The van der Waals surface area contributed by atoms with E-state index in [-0.39, 0.29) is 0 Å². The van der Waals surface area contributed by atoms with E-state index in [2.05, 4.69) is 52.5 Å². The van der Waals surface area contributed by atoms with Crippen molar-refractivity contribution in [2.75, 3.05) is 39.8 Å². The first-order valence-corrected chi connectivity index (χ1v) is 9.48. The lowest BCUT2D eigenvalue weighted by atomic mass is 9.81. The summed E-state index contributed by atoms with van der Waals surface area (Å²) in [6.45, 7) is 6.26. The molecule has 3 fully saturated rings. The van der Waals surface area contributed by atoms with Gasteiger partial charge in [-0.05, 0) is 63.7 Å². The Morgan fingerprint density at radius 1 is 1.04 bits per heavy atom. The molecule has 23 heavy (non-hydrogen) atoms. The molecule has 1 aromatic carbocycles. The molecule has 1 unspecified atom stereocenters. The van der Waals surface area contributed by atoms with Gasteiger partial charge in [0.2, 0.25) is 0 Å². The minimum Gasteiger partial charge on any atom is -0.317 e. The Balaban J connectivity index is 1.40. The molecule has 0 bridgehead atoms. The van der Waals surface area contributed by atoms with Crippen molar-refractivity contribution in [2.45, 2.75) is 49.6 Å². The first-order chi connectivity index (χ1) is 11.3. The van der Waals surface area contributed by atoms with Gasteiger partial charge in [-0.25, -0.2) is 0 Å². The highest BCUT2D eigenvalue weighted by Crippen LogP contribution is 2.44. The molecule has 0 saturated carbocycles. The molecular weight excluding hydrogens is 282 g/mol. The topological polar surface area (TPSA) is 18.5 Å². The third-order valence-electron chi connectivity index (χ3n) is 6.76. The Kier molecular flexibility index (Phi) is 4.44. The Morgan fingerprint density at radius 2 is 1.74 bits per heavy atom. The molecule has 3 heterocycles. The van der Waals surface area contributed by atoms with Crippen LogP contribution in [0.5, 0.6) is 0 Å². The van der Waals surface area contributed by atoms with Crippen LogP contribution in [-0.4, -0.2) is 61.2 Å². The van der Waals surface area contributed by atoms with Crippen molar-refractivity contribution in [3.8, 4) is 0 Å². The molecule has 3 aliphatic rings. The molecule has 3 aliphatic heterocycles. The molecule has 3 heteroatoms. The maximum absolute atomic E-state index is 3.50. The van der Waals surface area contributed by atoms with Gasteiger partial charge in [-0.3, -0.25) is 4.90 Å². The molecule has 1 aromatic rings. The number of likely N-dealkylation sites (N-methyl/N-ethyl adjacent to an activating group) is 1. The van der Waals surface area contributed by atoms with Gasteiger partial charge in [0.1, 0.15) is 0 Å². The Morgan fingerprint density at radius 3 is 2.43 bits per heavy atom. The van der Waals surface area contributed by atoms with Gasteiger partial charge >= 0.3 is 0 Å². The Bertz CT molecular complexity index is 501. The summed E-state index contributed by atoms with van der Waals surface area (Å²) in [6.07, 6.45) is 6.76. The largest absolute Gasteiger partial charge is 0.317 e. The monoisotopic (exact) mass is 313 g/mol. The number of rotatable bonds is 2. The van der Waals surface area contributed by atoms with E-state index in [1.165, 1.54) is 70.4 Å². The number of piperidine rings is 2. The van der Waals surface area contributed by atoms with Crippen LogP contribution in [0.4, 0.5) is 0 Å². The standard InChI is InChI=1S/C20H31N3/c1-22-16-18(17-5-3-2-4-6-17)15-20(22)9-13-23(14-10-20)19-7-11-21-12-8-19/h2-6,18-19,21H,7-16H2,1H3. The summed E-state index contributed by atoms with van der Waals surface area (Å²) < 4.78 is 0. The fourth-order valence-electron chi connectivity index (χ4n) is 5.21. The van der Waals surface area contributed by atoms with Crippen LogP contribution < -0.4 is 5.32 Å². The zero-order chi connectivity index (χ0) is 15.7. The maximum Gasteiger partial charge on any atom is 0.0237 e. The SMILES string of the molecule is CN1CC(c2ccccc2)CC12CCN(C1CCNCC1)CC2. The first kappa shape index (κ1) is 15.6. The third kappa shape index (κ3) is 3.07. The smallest absolute Gasteiger partial charge is 0.0237 e. The van der Waals surface area contributed by atoms with E-state index in [9.17, 15) is 0 Å². The fraction of sp³-hybridized carbons (Fsp3) is 0.700. The van der Waals surface area contributed by atoms with Crippen molar-refractivity contribution in [2.24, 2.45) is 0 Å². The highest BCUT2D eigenvalue weighted by molar-refractivity contribution is 5.23. The minimum absolute atomic E-state index is 0.462. The Hall–Kier alpha value is -0.900. The van der Waals surface area contributed by atoms with E-state index >= 15 is 0 Å². The summed E-state index contributed by atoms with van der Waals surface area (Å²) in [5.74, 6) is 0.728. The van der Waals surface area contributed by atoms with E-state index in [1.807, 2.05) is 0 Å². The summed E-state index contributed by atoms with van der Waals surface area (Å²) in [5.41, 5.74) is 2.00. The molecule has 0 aromatic heterocycles. The minimum atomic E-state index is 0.462. The van der Waals surface area contributed by atoms with Crippen molar-refractivity contribution in [1.82, 2.24) is 15.1 Å². The van der Waals surface area contributed by atoms with Crippen LogP contribution in [0.2, 0.25) is 0 Å². The number of benzene rings is 1. The van der Waals surface area contributed by atoms with Gasteiger partial charge in [-0.2, -0.15) is 0 Å². The van der Waals surface area contributed by atoms with Crippen LogP contribution in [0.25, 0.3) is 0 Å². The summed E-state index contributed by atoms with van der Waals surface area (Å²) in [6, 6.07) is 12.0. The summed E-state index contributed by atoms with van der Waals surface area (Å²) in [7, 11) is 2.36. The lowest BCUT2D eigenvalue weighted by Gasteiger charge is -2.46. The van der Waals surface area contributed by atoms with Crippen molar-refractivity contribution >= 4 is 0 Å². The lowest BCUT2D eigenvalue weighted by molar-refractivity contribution is 0.0415. The summed E-state index contributed by atoms with van der Waals surface area (Å²) in [4.78, 5) is 5.47. The van der Waals surface area contributed by atoms with Crippen molar-refractivity contribution in [3.05, 3.63) is 35.9 Å². The van der Waals surface area contributed by atoms with Gasteiger partial charge in [0.05, 0.1) is 0 Å². The molecule has 1 atom stereocenters. The predicted octanol–water partition coefficient (Wildman–Crippen LogP) is 2.69. The van der Waals surface area contributed by atoms with E-state index in [4.69, 9.17) is 0 Å². The van der Waals surface area contributed by atoms with Gasteiger partial charge in [0.15, 0.2) is 0 Å². The van der Waals surface area contributed by atoms with E-state index in [0.29, 0.717) is 5.54 Å². The van der Waals surface area contributed by atoms with Gasteiger partial charge in [-0.1, -0.05) is 30.3 Å². The van der Waals surface area contributed by atoms with Crippen LogP contribution in [-0.2, 0) is 0 Å². The van der Waals surface area contributed by atoms with Crippen LogP contribution in [0.1, 0.15) is 43.6 Å². The number of hydrogen-bond acceptors (Lipinski definition) is 3. The lowest BCUT2D eigenvalue weighted by Crippen LogP contribution is -2.54. The van der Waals surface area contributed by atoms with Crippen LogP contribution in [0.3, 0.4) is 0 Å². The van der Waals surface area contributed by atoms with Gasteiger partial charge in [0, 0.05) is 31.2 Å². The second-order valence-corrected chi connectivity index (χ2v) is 7.93. The third-order valence-corrected chi connectivity index (χ3v) is 6.76. The fourth-order valence-corrected chi connectivity index (χ4v) is 5.21. The quantitative estimate of drug-likeness (QED) is 0.906. The molecule has 4 rings (SSSR count). The number of nitrogens with one attached hydrogen (secondary N) is 1. The average molecular weight is 313 g/mol. The zero-order valence-corrected chi connectivity index (χ0v) is 14.5. The normalized spacial score (nSPS) is 30.0. The average Bonchev–Trinajstić information content (AvgIpc) is 2.94. The Labute approximate surface area is 141 Å². The van der Waals surface area contributed by atoms with Crippen molar-refractivity contribution < 1.29 is 0 Å². The number of hydrogen-bond donors (Lipinski definition) is 1. The molecule has 0 radical (unpaired) electrons. The van der Waals surface area contributed by atoms with Crippen molar-refractivity contribution in [1.29, 1.82) is 0 Å². The predicted molar refractivity (Wildman–Crippen MR) is 95.9 cm³/mol. The summed E-state index contributed by atoms with van der Waals surface area (Å²) in [5, 5.41) is 3.50. The molecule has 1 N–H and O–H groups in total. The highest BCUT2D eigenvalue weighted by atomic mass is 15.3. The van der Waals surface area contributed by atoms with Gasteiger partial charge < -0.3 is 10.2 Å². The second kappa shape index (κ2) is 6.54. The van der Waals surface area contributed by atoms with Crippen LogP contribution in [0.15, 0.2) is 30.3 Å². The van der Waals surface area contributed by atoms with Gasteiger partial charge in [-0.15, -0.1) is 0 Å². The highest BCUT2D eigenvalue weighted by Gasteiger charge is 2.46. The first-order valence-electron chi connectivity index (χ1n) is 9.48.